The second kappa shape index (κ2) is 8.13. The minimum atomic E-state index is -4.46. The maximum atomic E-state index is 13.6. The van der Waals surface area contributed by atoms with E-state index >= 15 is 0 Å². The second-order valence-corrected chi connectivity index (χ2v) is 8.50. The lowest BCUT2D eigenvalue weighted by atomic mass is 9.81. The number of anilines is 1. The zero-order chi connectivity index (χ0) is 21.5. The number of halogens is 4. The Bertz CT molecular complexity index is 936. The molecule has 2 N–H and O–H groups in total. The molecule has 0 radical (unpaired) electrons. The van der Waals surface area contributed by atoms with Gasteiger partial charge in [0.15, 0.2) is 5.82 Å². The van der Waals surface area contributed by atoms with Gasteiger partial charge < -0.3 is 10.0 Å². The van der Waals surface area contributed by atoms with Gasteiger partial charge in [-0.05, 0) is 62.1 Å². The van der Waals surface area contributed by atoms with Crippen molar-refractivity contribution in [2.24, 2.45) is 5.92 Å². The Morgan fingerprint density at radius 1 is 1.27 bits per heavy atom. The van der Waals surface area contributed by atoms with E-state index in [9.17, 15) is 23.1 Å². The first-order valence-electron chi connectivity index (χ1n) is 10.1. The third-order valence-electron chi connectivity index (χ3n) is 6.27. The average Bonchev–Trinajstić information content (AvgIpc) is 3.14. The largest absolute Gasteiger partial charge is 0.481 e. The molecule has 1 atom stereocenters. The quantitative estimate of drug-likeness (QED) is 0.697. The van der Waals surface area contributed by atoms with Gasteiger partial charge in [-0.3, -0.25) is 9.89 Å². The van der Waals surface area contributed by atoms with Crippen molar-refractivity contribution in [2.45, 2.75) is 50.6 Å². The molecule has 0 saturated carbocycles. The third-order valence-corrected chi connectivity index (χ3v) is 6.62. The second-order valence-electron chi connectivity index (χ2n) is 8.10. The number of benzene rings is 1. The van der Waals surface area contributed by atoms with Crippen molar-refractivity contribution in [3.05, 3.63) is 45.6 Å². The number of aryl methyl sites for hydroxylation is 1. The molecular formula is C21H23ClF3N3O2. The Labute approximate surface area is 177 Å². The fraction of sp³-hybridized carbons (Fsp3) is 0.524. The van der Waals surface area contributed by atoms with Crippen LogP contribution in [-0.4, -0.2) is 34.4 Å². The van der Waals surface area contributed by atoms with Gasteiger partial charge in [-0.25, -0.2) is 0 Å². The fourth-order valence-corrected chi connectivity index (χ4v) is 4.98. The summed E-state index contributed by atoms with van der Waals surface area (Å²) < 4.78 is 40.7. The van der Waals surface area contributed by atoms with E-state index in [2.05, 4.69) is 15.1 Å². The number of nitrogens with one attached hydrogen (secondary N) is 1. The summed E-state index contributed by atoms with van der Waals surface area (Å²) in [6, 6.07) is 3.91. The highest BCUT2D eigenvalue weighted by molar-refractivity contribution is 6.31. The van der Waals surface area contributed by atoms with Crippen molar-refractivity contribution >= 4 is 23.4 Å². The number of carboxylic acids is 1. The van der Waals surface area contributed by atoms with Crippen LogP contribution in [0.15, 0.2) is 18.2 Å². The molecule has 1 aromatic carbocycles. The minimum absolute atomic E-state index is 0.124. The Morgan fingerprint density at radius 3 is 2.67 bits per heavy atom. The number of fused-ring (bicyclic) bond motifs is 1. The molecule has 2 aromatic rings. The van der Waals surface area contributed by atoms with Gasteiger partial charge in [-0.1, -0.05) is 17.7 Å². The van der Waals surface area contributed by atoms with Crippen LogP contribution in [0.4, 0.5) is 19.0 Å². The summed E-state index contributed by atoms with van der Waals surface area (Å²) >= 11 is 6.20. The molecule has 5 nitrogen and oxygen atoms in total. The monoisotopic (exact) mass is 441 g/mol. The van der Waals surface area contributed by atoms with Crippen molar-refractivity contribution in [1.82, 2.24) is 10.2 Å². The summed E-state index contributed by atoms with van der Waals surface area (Å²) in [7, 11) is 0. The summed E-state index contributed by atoms with van der Waals surface area (Å²) in [4.78, 5) is 13.3. The van der Waals surface area contributed by atoms with Crippen LogP contribution in [0.25, 0.3) is 0 Å². The van der Waals surface area contributed by atoms with Gasteiger partial charge in [-0.2, -0.15) is 18.3 Å². The first-order valence-corrected chi connectivity index (χ1v) is 10.5. The molecule has 1 saturated heterocycles. The lowest BCUT2D eigenvalue weighted by Crippen LogP contribution is -2.37. The van der Waals surface area contributed by atoms with Crippen LogP contribution in [0.2, 0.25) is 5.02 Å². The minimum Gasteiger partial charge on any atom is -0.481 e. The van der Waals surface area contributed by atoms with E-state index in [1.54, 1.807) is 0 Å². The highest BCUT2D eigenvalue weighted by Crippen LogP contribution is 2.43. The third kappa shape index (κ3) is 4.02. The van der Waals surface area contributed by atoms with E-state index in [0.29, 0.717) is 25.9 Å². The van der Waals surface area contributed by atoms with E-state index in [4.69, 9.17) is 11.6 Å². The number of aromatic amines is 1. The van der Waals surface area contributed by atoms with Crippen molar-refractivity contribution in [3.8, 4) is 0 Å². The SMILES string of the molecule is O=C(O)C1CCN(c2n[nH]c3c2C(Cc2c(Cl)cccc2C(F)(F)F)CCC3)CC1. The summed E-state index contributed by atoms with van der Waals surface area (Å²) in [6.45, 7) is 1.14. The molecule has 4 rings (SSSR count). The highest BCUT2D eigenvalue weighted by atomic mass is 35.5. The smallest absolute Gasteiger partial charge is 0.416 e. The molecule has 0 spiro atoms. The van der Waals surface area contributed by atoms with Gasteiger partial charge in [0.05, 0.1) is 11.5 Å². The molecule has 30 heavy (non-hydrogen) atoms. The van der Waals surface area contributed by atoms with E-state index in [1.165, 1.54) is 12.1 Å². The summed E-state index contributed by atoms with van der Waals surface area (Å²) in [5.74, 6) is -0.515. The summed E-state index contributed by atoms with van der Waals surface area (Å²) in [5.41, 5.74) is 1.36. The maximum Gasteiger partial charge on any atom is 0.416 e. The topological polar surface area (TPSA) is 69.2 Å². The normalized spacial score (nSPS) is 20.3. The lowest BCUT2D eigenvalue weighted by Gasteiger charge is -2.33. The molecule has 1 unspecified atom stereocenters. The number of hydrogen-bond donors (Lipinski definition) is 2. The lowest BCUT2D eigenvalue weighted by molar-refractivity contribution is -0.142. The van der Waals surface area contributed by atoms with Gasteiger partial charge in [0.2, 0.25) is 0 Å². The molecule has 162 valence electrons. The van der Waals surface area contributed by atoms with Crippen molar-refractivity contribution in [3.63, 3.8) is 0 Å². The number of H-pyrrole nitrogens is 1. The number of nitrogens with zero attached hydrogens (tertiary/aromatic N) is 2. The standard InChI is InChI=1S/C21H23ClF3N3O2/c22-16-5-2-4-15(21(23,24)25)14(16)11-13-3-1-6-17-18(13)19(27-26-17)28-9-7-12(8-10-28)20(29)30/h2,4-5,12-13H,1,3,6-11H2,(H,26,27)(H,29,30). The van der Waals surface area contributed by atoms with Gasteiger partial charge in [0, 0.05) is 29.4 Å². The van der Waals surface area contributed by atoms with Gasteiger partial charge in [0.25, 0.3) is 0 Å². The molecule has 0 amide bonds. The molecule has 0 bridgehead atoms. The first kappa shape index (κ1) is 21.0. The van der Waals surface area contributed by atoms with E-state index in [-0.39, 0.29) is 28.8 Å². The number of rotatable bonds is 4. The number of hydrogen-bond acceptors (Lipinski definition) is 3. The Hall–Kier alpha value is -2.22. The van der Waals surface area contributed by atoms with Crippen LogP contribution in [0.1, 0.15) is 54.0 Å². The zero-order valence-corrected chi connectivity index (χ0v) is 17.1. The number of carbonyl (C=O) groups is 1. The summed E-state index contributed by atoms with van der Waals surface area (Å²) in [5, 5.41) is 16.9. The molecule has 9 heteroatoms. The van der Waals surface area contributed by atoms with Gasteiger partial charge >= 0.3 is 12.1 Å². The molecule has 1 aliphatic carbocycles. The Balaban J connectivity index is 1.63. The van der Waals surface area contributed by atoms with Crippen LogP contribution in [0.5, 0.6) is 0 Å². The molecule has 1 fully saturated rings. The number of aromatic nitrogens is 2. The van der Waals surface area contributed by atoms with Gasteiger partial charge in [-0.15, -0.1) is 0 Å². The van der Waals surface area contributed by atoms with Crippen LogP contribution >= 0.6 is 11.6 Å². The number of carboxylic acid groups (broad SMARTS) is 1. The van der Waals surface area contributed by atoms with Crippen molar-refractivity contribution in [2.75, 3.05) is 18.0 Å². The van der Waals surface area contributed by atoms with E-state index in [1.807, 2.05) is 0 Å². The number of aliphatic carboxylic acids is 1. The van der Waals surface area contributed by atoms with E-state index in [0.717, 1.165) is 42.4 Å². The van der Waals surface area contributed by atoms with Crippen molar-refractivity contribution < 1.29 is 23.1 Å². The van der Waals surface area contributed by atoms with Crippen LogP contribution in [0, 0.1) is 5.92 Å². The number of alkyl halides is 3. The zero-order valence-electron chi connectivity index (χ0n) is 16.3. The highest BCUT2D eigenvalue weighted by Gasteiger charge is 2.37. The Morgan fingerprint density at radius 2 is 2.00 bits per heavy atom. The van der Waals surface area contributed by atoms with Crippen molar-refractivity contribution in [1.29, 1.82) is 0 Å². The predicted octanol–water partition coefficient (Wildman–Crippen LogP) is 5.05. The molecule has 1 aliphatic heterocycles. The Kier molecular flexibility index (Phi) is 5.70. The molecule has 1 aromatic heterocycles. The van der Waals surface area contributed by atoms with Gasteiger partial charge in [0.1, 0.15) is 0 Å². The average molecular weight is 442 g/mol. The first-order chi connectivity index (χ1) is 14.3. The predicted molar refractivity (Wildman–Crippen MR) is 107 cm³/mol. The van der Waals surface area contributed by atoms with Crippen LogP contribution < -0.4 is 4.90 Å². The number of piperidine rings is 1. The molecule has 2 aliphatic rings. The van der Waals surface area contributed by atoms with E-state index < -0.39 is 17.7 Å². The van der Waals surface area contributed by atoms with Crippen LogP contribution in [-0.2, 0) is 23.8 Å². The molecular weight excluding hydrogens is 419 g/mol. The summed E-state index contributed by atoms with van der Waals surface area (Å²) in [6.07, 6.45) is -0.775. The molecule has 2 heterocycles. The van der Waals surface area contributed by atoms with Crippen LogP contribution in [0.3, 0.4) is 0 Å². The maximum absolute atomic E-state index is 13.6. The fourth-order valence-electron chi connectivity index (χ4n) is 4.73.